The van der Waals surface area contributed by atoms with Gasteiger partial charge in [-0.05, 0) is 29.7 Å². The van der Waals surface area contributed by atoms with Crippen molar-refractivity contribution in [3.05, 3.63) is 35.4 Å². The third kappa shape index (κ3) is 1.68. The molecule has 1 unspecified atom stereocenters. The van der Waals surface area contributed by atoms with Gasteiger partial charge in [-0.15, -0.1) is 0 Å². The normalized spacial score (nSPS) is 22.3. The van der Waals surface area contributed by atoms with E-state index in [1.165, 1.54) is 0 Å². The second kappa shape index (κ2) is 3.99. The fraction of sp³-hybridized carbons (Fsp3) is 0.308. The van der Waals surface area contributed by atoms with Crippen molar-refractivity contribution in [2.45, 2.75) is 18.4 Å². The number of benzene rings is 1. The van der Waals surface area contributed by atoms with Gasteiger partial charge in [0.05, 0.1) is 19.6 Å². The van der Waals surface area contributed by atoms with Gasteiger partial charge in [-0.3, -0.25) is 0 Å². The monoisotopic (exact) mass is 215 g/mol. The molecular weight excluding hydrogens is 202 g/mol. The highest BCUT2D eigenvalue weighted by Crippen LogP contribution is 2.37. The van der Waals surface area contributed by atoms with Gasteiger partial charge in [-0.25, -0.2) is 0 Å². The number of rotatable bonds is 2. The van der Waals surface area contributed by atoms with Crippen molar-refractivity contribution in [2.24, 2.45) is 0 Å². The molecule has 1 aromatic rings. The number of aliphatic hydroxyl groups is 1. The van der Waals surface area contributed by atoms with Crippen molar-refractivity contribution in [2.75, 3.05) is 7.11 Å². The zero-order chi connectivity index (χ0) is 11.6. The summed E-state index contributed by atoms with van der Waals surface area (Å²) in [6.07, 6.45) is 4.42. The number of fused-ring (bicyclic) bond motifs is 1. The molecule has 3 nitrogen and oxygen atoms in total. The molecular formula is C13H13NO2. The van der Waals surface area contributed by atoms with Gasteiger partial charge in [0.1, 0.15) is 11.4 Å². The molecule has 1 N–H and O–H groups in total. The molecule has 0 saturated heterocycles. The number of nitriles is 1. The van der Waals surface area contributed by atoms with Crippen LogP contribution in [0.4, 0.5) is 0 Å². The predicted octanol–water partition coefficient (Wildman–Crippen LogP) is 2.21. The van der Waals surface area contributed by atoms with Crippen LogP contribution in [0.5, 0.6) is 5.75 Å². The maximum absolute atomic E-state index is 10.4. The van der Waals surface area contributed by atoms with Crippen LogP contribution >= 0.6 is 0 Å². The largest absolute Gasteiger partial charge is 0.497 e. The van der Waals surface area contributed by atoms with Gasteiger partial charge in [-0.2, -0.15) is 5.26 Å². The first-order valence-electron chi connectivity index (χ1n) is 5.14. The number of ether oxygens (including phenoxy) is 1. The average Bonchev–Trinajstić information content (AvgIpc) is 2.29. The first-order chi connectivity index (χ1) is 7.69. The zero-order valence-corrected chi connectivity index (χ0v) is 9.10. The molecule has 0 aliphatic heterocycles. The lowest BCUT2D eigenvalue weighted by atomic mass is 9.81. The first-order valence-corrected chi connectivity index (χ1v) is 5.14. The molecule has 0 bridgehead atoms. The molecule has 0 saturated carbocycles. The van der Waals surface area contributed by atoms with Crippen LogP contribution < -0.4 is 4.74 Å². The molecule has 0 radical (unpaired) electrons. The molecule has 1 atom stereocenters. The summed E-state index contributed by atoms with van der Waals surface area (Å²) in [5.74, 6) is 0.699. The summed E-state index contributed by atoms with van der Waals surface area (Å²) >= 11 is 0. The highest BCUT2D eigenvalue weighted by Gasteiger charge is 2.32. The van der Waals surface area contributed by atoms with Crippen LogP contribution in [0.3, 0.4) is 0 Å². The Morgan fingerprint density at radius 1 is 1.56 bits per heavy atom. The van der Waals surface area contributed by atoms with Crippen molar-refractivity contribution in [1.82, 2.24) is 0 Å². The Bertz CT molecular complexity index is 473. The molecule has 2 rings (SSSR count). The Morgan fingerprint density at radius 3 is 3.06 bits per heavy atom. The SMILES string of the molecule is COc1ccc2c(c1)C(O)(CC#N)CC=C2. The Balaban J connectivity index is 2.52. The van der Waals surface area contributed by atoms with E-state index in [1.807, 2.05) is 30.4 Å². The number of hydrogen-bond donors (Lipinski definition) is 1. The van der Waals surface area contributed by atoms with Crippen LogP contribution in [-0.2, 0) is 5.60 Å². The highest BCUT2D eigenvalue weighted by atomic mass is 16.5. The third-order valence-corrected chi connectivity index (χ3v) is 2.89. The average molecular weight is 215 g/mol. The van der Waals surface area contributed by atoms with E-state index in [0.717, 1.165) is 11.1 Å². The summed E-state index contributed by atoms with van der Waals surface area (Å²) in [5.41, 5.74) is 0.647. The second-order valence-electron chi connectivity index (χ2n) is 3.93. The molecule has 16 heavy (non-hydrogen) atoms. The summed E-state index contributed by atoms with van der Waals surface area (Å²) in [4.78, 5) is 0. The van der Waals surface area contributed by atoms with Gasteiger partial charge >= 0.3 is 0 Å². The summed E-state index contributed by atoms with van der Waals surface area (Å²) in [6, 6.07) is 7.58. The van der Waals surface area contributed by atoms with Gasteiger partial charge in [0.15, 0.2) is 0 Å². The van der Waals surface area contributed by atoms with Gasteiger partial charge < -0.3 is 9.84 Å². The van der Waals surface area contributed by atoms with Crippen molar-refractivity contribution in [1.29, 1.82) is 5.26 Å². The smallest absolute Gasteiger partial charge is 0.119 e. The maximum atomic E-state index is 10.4. The van der Waals surface area contributed by atoms with Gasteiger partial charge in [0.25, 0.3) is 0 Å². The lowest BCUT2D eigenvalue weighted by Crippen LogP contribution is -2.27. The van der Waals surface area contributed by atoms with Crippen molar-refractivity contribution in [3.8, 4) is 11.8 Å². The third-order valence-electron chi connectivity index (χ3n) is 2.89. The molecule has 3 heteroatoms. The molecule has 82 valence electrons. The van der Waals surface area contributed by atoms with E-state index in [1.54, 1.807) is 13.2 Å². The van der Waals surface area contributed by atoms with Crippen molar-refractivity contribution < 1.29 is 9.84 Å². The summed E-state index contributed by atoms with van der Waals surface area (Å²) in [6.45, 7) is 0. The summed E-state index contributed by atoms with van der Waals surface area (Å²) in [5, 5.41) is 19.2. The van der Waals surface area contributed by atoms with E-state index in [0.29, 0.717) is 12.2 Å². The Morgan fingerprint density at radius 2 is 2.38 bits per heavy atom. The van der Waals surface area contributed by atoms with E-state index >= 15 is 0 Å². The fourth-order valence-corrected chi connectivity index (χ4v) is 2.00. The molecule has 0 aromatic heterocycles. The van der Waals surface area contributed by atoms with Crippen LogP contribution in [0, 0.1) is 11.3 Å². The summed E-state index contributed by atoms with van der Waals surface area (Å²) in [7, 11) is 1.59. The first kappa shape index (κ1) is 10.7. The van der Waals surface area contributed by atoms with Crippen LogP contribution in [-0.4, -0.2) is 12.2 Å². The Hall–Kier alpha value is -1.79. The van der Waals surface area contributed by atoms with E-state index < -0.39 is 5.60 Å². The maximum Gasteiger partial charge on any atom is 0.119 e. The molecule has 0 fully saturated rings. The minimum atomic E-state index is -1.08. The van der Waals surface area contributed by atoms with E-state index in [4.69, 9.17) is 10.00 Å². The van der Waals surface area contributed by atoms with Crippen molar-refractivity contribution in [3.63, 3.8) is 0 Å². The van der Waals surface area contributed by atoms with Crippen LogP contribution in [0.25, 0.3) is 6.08 Å². The quantitative estimate of drug-likeness (QED) is 0.822. The molecule has 0 heterocycles. The van der Waals surface area contributed by atoms with Crippen LogP contribution in [0.15, 0.2) is 24.3 Å². The van der Waals surface area contributed by atoms with Crippen LogP contribution in [0.1, 0.15) is 24.0 Å². The molecule has 0 spiro atoms. The fourth-order valence-electron chi connectivity index (χ4n) is 2.00. The lowest BCUT2D eigenvalue weighted by molar-refractivity contribution is 0.0431. The topological polar surface area (TPSA) is 53.2 Å². The number of hydrogen-bond acceptors (Lipinski definition) is 3. The lowest BCUT2D eigenvalue weighted by Gasteiger charge is -2.29. The summed E-state index contributed by atoms with van der Waals surface area (Å²) < 4.78 is 5.13. The van der Waals surface area contributed by atoms with Gasteiger partial charge in [0, 0.05) is 0 Å². The molecule has 1 aliphatic rings. The molecule has 1 aliphatic carbocycles. The standard InChI is InChI=1S/C13H13NO2/c1-16-11-5-4-10-3-2-6-13(15,7-8-14)12(10)9-11/h2-5,9,15H,6-7H2,1H3. The second-order valence-corrected chi connectivity index (χ2v) is 3.93. The zero-order valence-electron chi connectivity index (χ0n) is 9.10. The Kier molecular flexibility index (Phi) is 2.67. The van der Waals surface area contributed by atoms with Crippen molar-refractivity contribution >= 4 is 6.08 Å². The van der Waals surface area contributed by atoms with Crippen LogP contribution in [0.2, 0.25) is 0 Å². The van der Waals surface area contributed by atoms with E-state index in [-0.39, 0.29) is 6.42 Å². The van der Waals surface area contributed by atoms with E-state index in [9.17, 15) is 5.11 Å². The molecule has 0 amide bonds. The van der Waals surface area contributed by atoms with E-state index in [2.05, 4.69) is 0 Å². The minimum absolute atomic E-state index is 0.0947. The molecule has 1 aromatic carbocycles. The number of methoxy groups -OCH3 is 1. The van der Waals surface area contributed by atoms with Gasteiger partial charge in [0.2, 0.25) is 0 Å². The van der Waals surface area contributed by atoms with Gasteiger partial charge in [-0.1, -0.05) is 18.2 Å². The number of nitrogens with zero attached hydrogens (tertiary/aromatic N) is 1. The highest BCUT2D eigenvalue weighted by molar-refractivity contribution is 5.60. The minimum Gasteiger partial charge on any atom is -0.497 e. The predicted molar refractivity (Wildman–Crippen MR) is 60.8 cm³/mol. The Labute approximate surface area is 94.6 Å².